The molecule has 0 spiro atoms. The molecule has 26 heavy (non-hydrogen) atoms. The van der Waals surface area contributed by atoms with Crippen molar-refractivity contribution in [2.45, 2.75) is 58.5 Å². The normalized spacial score (nSPS) is 11.7. The van der Waals surface area contributed by atoms with Crippen LogP contribution in [0, 0.1) is 0 Å². The highest BCUT2D eigenvalue weighted by Gasteiger charge is 2.08. The summed E-state index contributed by atoms with van der Waals surface area (Å²) < 4.78 is 5.82. The molecule has 1 unspecified atom stereocenters. The summed E-state index contributed by atoms with van der Waals surface area (Å²) in [5.41, 5.74) is 6.71. The number of rotatable bonds is 13. The molecular weight excluding hydrogens is 330 g/mol. The fourth-order valence-corrected chi connectivity index (χ4v) is 2.46. The third kappa shape index (κ3) is 9.42. The minimum Gasteiger partial charge on any atom is -0.489 e. The summed E-state index contributed by atoms with van der Waals surface area (Å²) >= 11 is 0. The molecule has 6 heteroatoms. The predicted molar refractivity (Wildman–Crippen MR) is 104 cm³/mol. The summed E-state index contributed by atoms with van der Waals surface area (Å²) in [6.45, 7) is 5.10. The van der Waals surface area contributed by atoms with E-state index in [1.165, 1.54) is 0 Å². The Morgan fingerprint density at radius 1 is 1.12 bits per heavy atom. The number of benzene rings is 1. The van der Waals surface area contributed by atoms with Crippen molar-refractivity contribution in [1.29, 1.82) is 0 Å². The molecule has 6 nitrogen and oxygen atoms in total. The average molecular weight is 364 g/mol. The molecule has 0 aliphatic carbocycles. The Hall–Kier alpha value is -2.08. The van der Waals surface area contributed by atoms with Crippen LogP contribution in [0.2, 0.25) is 0 Å². The van der Waals surface area contributed by atoms with E-state index in [1.54, 1.807) is 0 Å². The largest absolute Gasteiger partial charge is 0.489 e. The van der Waals surface area contributed by atoms with Gasteiger partial charge in [0.2, 0.25) is 11.8 Å². The van der Waals surface area contributed by atoms with Gasteiger partial charge in [0.25, 0.3) is 0 Å². The van der Waals surface area contributed by atoms with Gasteiger partial charge in [-0.3, -0.25) is 9.59 Å². The molecule has 0 saturated carbocycles. The standard InChI is InChI=1S/C20H33N3O3/c1-3-4-5-12-19(24)23-15-20(25)22-13-8-10-17-9-6-7-11-18(17)26-16(2)14-21/h6-7,9,11,16H,3-5,8,10,12-15,21H2,1-2H3,(H,22,25)(H,23,24). The van der Waals surface area contributed by atoms with E-state index >= 15 is 0 Å². The van der Waals surface area contributed by atoms with E-state index in [4.69, 9.17) is 10.5 Å². The summed E-state index contributed by atoms with van der Waals surface area (Å²) in [5.74, 6) is 0.625. The first-order chi connectivity index (χ1) is 12.6. The fraction of sp³-hybridized carbons (Fsp3) is 0.600. The number of nitrogens with one attached hydrogen (secondary N) is 2. The van der Waals surface area contributed by atoms with E-state index in [1.807, 2.05) is 31.2 Å². The second kappa shape index (κ2) is 13.2. The highest BCUT2D eigenvalue weighted by Crippen LogP contribution is 2.20. The smallest absolute Gasteiger partial charge is 0.239 e. The van der Waals surface area contributed by atoms with E-state index in [0.29, 0.717) is 19.5 Å². The maximum atomic E-state index is 11.8. The van der Waals surface area contributed by atoms with Crippen molar-refractivity contribution >= 4 is 11.8 Å². The average Bonchev–Trinajstić information content (AvgIpc) is 2.64. The number of unbranched alkanes of at least 4 members (excludes halogenated alkanes) is 2. The second-order valence-electron chi connectivity index (χ2n) is 6.46. The summed E-state index contributed by atoms with van der Waals surface area (Å²) in [4.78, 5) is 23.3. The predicted octanol–water partition coefficient (Wildman–Crippen LogP) is 2.16. The lowest BCUT2D eigenvalue weighted by Crippen LogP contribution is -2.37. The Morgan fingerprint density at radius 3 is 2.62 bits per heavy atom. The zero-order valence-electron chi connectivity index (χ0n) is 16.1. The van der Waals surface area contributed by atoms with Crippen LogP contribution in [0.1, 0.15) is 51.5 Å². The minimum atomic E-state index is -0.157. The number of ether oxygens (including phenoxy) is 1. The van der Waals surface area contributed by atoms with Crippen LogP contribution in [0.25, 0.3) is 0 Å². The number of nitrogens with two attached hydrogens (primary N) is 1. The molecule has 0 aromatic heterocycles. The van der Waals surface area contributed by atoms with Crippen molar-refractivity contribution in [3.8, 4) is 5.75 Å². The van der Waals surface area contributed by atoms with Crippen LogP contribution >= 0.6 is 0 Å². The molecule has 1 rings (SSSR count). The van der Waals surface area contributed by atoms with E-state index in [0.717, 1.165) is 43.4 Å². The van der Waals surface area contributed by atoms with Crippen LogP contribution < -0.4 is 21.1 Å². The monoisotopic (exact) mass is 363 g/mol. The Kier molecular flexibility index (Phi) is 11.1. The number of hydrogen-bond donors (Lipinski definition) is 3. The van der Waals surface area contributed by atoms with Crippen molar-refractivity contribution < 1.29 is 14.3 Å². The summed E-state index contributed by atoms with van der Waals surface area (Å²) in [5, 5.41) is 5.49. The number of carbonyl (C=O) groups excluding carboxylic acids is 2. The molecule has 0 radical (unpaired) electrons. The van der Waals surface area contributed by atoms with E-state index in [9.17, 15) is 9.59 Å². The van der Waals surface area contributed by atoms with Gasteiger partial charge in [-0.1, -0.05) is 38.0 Å². The highest BCUT2D eigenvalue weighted by molar-refractivity contribution is 5.84. The SMILES string of the molecule is CCCCCC(=O)NCC(=O)NCCCc1ccccc1OC(C)CN. The maximum Gasteiger partial charge on any atom is 0.239 e. The molecule has 0 fully saturated rings. The van der Waals surface area contributed by atoms with Gasteiger partial charge < -0.3 is 21.1 Å². The van der Waals surface area contributed by atoms with Gasteiger partial charge in [-0.05, 0) is 37.8 Å². The van der Waals surface area contributed by atoms with Crippen LogP contribution in [-0.2, 0) is 16.0 Å². The molecule has 0 aliphatic heterocycles. The molecule has 1 atom stereocenters. The summed E-state index contributed by atoms with van der Waals surface area (Å²) in [6, 6.07) is 7.88. The van der Waals surface area contributed by atoms with Gasteiger partial charge in [-0.25, -0.2) is 0 Å². The maximum absolute atomic E-state index is 11.8. The zero-order valence-corrected chi connectivity index (χ0v) is 16.1. The molecule has 0 aliphatic rings. The number of carbonyl (C=O) groups is 2. The van der Waals surface area contributed by atoms with Crippen LogP contribution in [0.3, 0.4) is 0 Å². The molecule has 0 bridgehead atoms. The Morgan fingerprint density at radius 2 is 1.88 bits per heavy atom. The molecule has 146 valence electrons. The van der Waals surface area contributed by atoms with Crippen LogP contribution in [0.15, 0.2) is 24.3 Å². The number of aryl methyl sites for hydroxylation is 1. The molecule has 1 aromatic rings. The molecule has 4 N–H and O–H groups in total. The third-order valence-corrected chi connectivity index (χ3v) is 4.03. The first-order valence-corrected chi connectivity index (χ1v) is 9.54. The molecule has 0 saturated heterocycles. The topological polar surface area (TPSA) is 93.5 Å². The first kappa shape index (κ1) is 22.0. The van der Waals surface area contributed by atoms with Gasteiger partial charge in [0.1, 0.15) is 11.9 Å². The molecule has 1 aromatic carbocycles. The van der Waals surface area contributed by atoms with Crippen molar-refractivity contribution in [1.82, 2.24) is 10.6 Å². The van der Waals surface area contributed by atoms with Gasteiger partial charge in [0.15, 0.2) is 0 Å². The van der Waals surface area contributed by atoms with E-state index in [2.05, 4.69) is 17.6 Å². The Labute approximate surface area is 156 Å². The quantitative estimate of drug-likeness (QED) is 0.468. The van der Waals surface area contributed by atoms with Gasteiger partial charge in [-0.2, -0.15) is 0 Å². The zero-order chi connectivity index (χ0) is 19.2. The van der Waals surface area contributed by atoms with E-state index < -0.39 is 0 Å². The lowest BCUT2D eigenvalue weighted by atomic mass is 10.1. The first-order valence-electron chi connectivity index (χ1n) is 9.54. The third-order valence-electron chi connectivity index (χ3n) is 4.03. The van der Waals surface area contributed by atoms with Gasteiger partial charge >= 0.3 is 0 Å². The summed E-state index contributed by atoms with van der Waals surface area (Å²) in [6.07, 6.45) is 5.04. The van der Waals surface area contributed by atoms with Gasteiger partial charge in [0, 0.05) is 19.5 Å². The van der Waals surface area contributed by atoms with Crippen LogP contribution in [0.5, 0.6) is 5.75 Å². The highest BCUT2D eigenvalue weighted by atomic mass is 16.5. The number of para-hydroxylation sites is 1. The van der Waals surface area contributed by atoms with E-state index in [-0.39, 0.29) is 24.5 Å². The number of amides is 2. The minimum absolute atomic E-state index is 0.0307. The summed E-state index contributed by atoms with van der Waals surface area (Å²) in [7, 11) is 0. The Bertz CT molecular complexity index is 549. The van der Waals surface area contributed by atoms with Crippen molar-refractivity contribution in [3.05, 3.63) is 29.8 Å². The molecular formula is C20H33N3O3. The number of hydrogen-bond acceptors (Lipinski definition) is 4. The Balaban J connectivity index is 2.24. The van der Waals surface area contributed by atoms with Crippen molar-refractivity contribution in [3.63, 3.8) is 0 Å². The van der Waals surface area contributed by atoms with Gasteiger partial charge in [-0.15, -0.1) is 0 Å². The lowest BCUT2D eigenvalue weighted by Gasteiger charge is -2.16. The van der Waals surface area contributed by atoms with Crippen LogP contribution in [0.4, 0.5) is 0 Å². The second-order valence-corrected chi connectivity index (χ2v) is 6.46. The molecule has 2 amide bonds. The van der Waals surface area contributed by atoms with Crippen LogP contribution in [-0.4, -0.2) is 37.6 Å². The fourth-order valence-electron chi connectivity index (χ4n) is 2.46. The molecule has 0 heterocycles. The van der Waals surface area contributed by atoms with Crippen molar-refractivity contribution in [2.24, 2.45) is 5.73 Å². The lowest BCUT2D eigenvalue weighted by molar-refractivity contribution is -0.126. The van der Waals surface area contributed by atoms with Gasteiger partial charge in [0.05, 0.1) is 6.54 Å². The van der Waals surface area contributed by atoms with Crippen molar-refractivity contribution in [2.75, 3.05) is 19.6 Å².